The number of hydrogen-bond donors (Lipinski definition) is 1. The molecule has 20 heavy (non-hydrogen) atoms. The minimum absolute atomic E-state index is 0.0205. The van der Waals surface area contributed by atoms with Crippen LogP contribution in [0.3, 0.4) is 0 Å². The van der Waals surface area contributed by atoms with Crippen molar-refractivity contribution in [3.8, 4) is 0 Å². The molecule has 2 aromatic rings. The van der Waals surface area contributed by atoms with E-state index in [9.17, 15) is 8.42 Å². The van der Waals surface area contributed by atoms with Crippen molar-refractivity contribution >= 4 is 43.2 Å². The van der Waals surface area contributed by atoms with Gasteiger partial charge < -0.3 is 4.57 Å². The van der Waals surface area contributed by atoms with Gasteiger partial charge in [-0.2, -0.15) is 8.42 Å². The Balaban J connectivity index is 2.37. The van der Waals surface area contributed by atoms with Gasteiger partial charge in [-0.25, -0.2) is 4.98 Å². The summed E-state index contributed by atoms with van der Waals surface area (Å²) in [6, 6.07) is 4.94. The van der Waals surface area contributed by atoms with E-state index in [1.54, 1.807) is 29.7 Å². The van der Waals surface area contributed by atoms with Crippen molar-refractivity contribution in [2.45, 2.75) is 25.4 Å². The molecule has 0 saturated heterocycles. The van der Waals surface area contributed by atoms with Crippen LogP contribution in [0.4, 0.5) is 5.69 Å². The number of anilines is 1. The highest BCUT2D eigenvalue weighted by molar-refractivity contribution is 9.10. The summed E-state index contributed by atoms with van der Waals surface area (Å²) in [6.07, 6.45) is 1.50. The second-order valence-electron chi connectivity index (χ2n) is 4.14. The highest BCUT2D eigenvalue weighted by Crippen LogP contribution is 2.27. The molecule has 5 nitrogen and oxygen atoms in total. The number of hydrogen-bond acceptors (Lipinski definition) is 3. The fourth-order valence-electron chi connectivity index (χ4n) is 1.70. The summed E-state index contributed by atoms with van der Waals surface area (Å²) in [5.41, 5.74) is 0.310. The van der Waals surface area contributed by atoms with Crippen LogP contribution < -0.4 is 4.72 Å². The summed E-state index contributed by atoms with van der Waals surface area (Å²) in [5, 5.41) is 0.302. The number of aromatic nitrogens is 2. The Morgan fingerprint density at radius 2 is 2.15 bits per heavy atom. The van der Waals surface area contributed by atoms with E-state index in [4.69, 9.17) is 11.6 Å². The summed E-state index contributed by atoms with van der Waals surface area (Å²) < 4.78 is 29.5. The molecule has 0 spiro atoms. The number of rotatable bonds is 4. The van der Waals surface area contributed by atoms with Gasteiger partial charge in [0, 0.05) is 17.2 Å². The molecule has 108 valence electrons. The summed E-state index contributed by atoms with van der Waals surface area (Å²) in [4.78, 5) is 4.06. The maximum absolute atomic E-state index is 12.3. The van der Waals surface area contributed by atoms with Crippen LogP contribution in [-0.2, 0) is 16.6 Å². The topological polar surface area (TPSA) is 64.0 Å². The molecular formula is C12H13BrClN3O2S. The van der Waals surface area contributed by atoms with Gasteiger partial charge in [0.05, 0.1) is 10.7 Å². The Morgan fingerprint density at radius 1 is 1.45 bits per heavy atom. The normalized spacial score (nSPS) is 11.6. The van der Waals surface area contributed by atoms with Crippen molar-refractivity contribution < 1.29 is 8.42 Å². The Morgan fingerprint density at radius 3 is 2.75 bits per heavy atom. The van der Waals surface area contributed by atoms with Crippen LogP contribution in [0.15, 0.2) is 33.9 Å². The lowest BCUT2D eigenvalue weighted by molar-refractivity contribution is 0.598. The van der Waals surface area contributed by atoms with Crippen molar-refractivity contribution in [3.05, 3.63) is 39.7 Å². The zero-order chi connectivity index (χ0) is 14.9. The van der Waals surface area contributed by atoms with Crippen molar-refractivity contribution in [2.75, 3.05) is 4.72 Å². The quantitative estimate of drug-likeness (QED) is 0.886. The minimum atomic E-state index is -3.75. The lowest BCUT2D eigenvalue weighted by Crippen LogP contribution is -2.13. The number of sulfonamides is 1. The summed E-state index contributed by atoms with van der Waals surface area (Å²) in [6.45, 7) is 4.34. The standard InChI is InChI=1S/C12H13BrClN3O2S/c1-3-17-7-12(15-8(17)2)20(18,19)16-11-6-9(13)4-5-10(11)14/h4-7,16H,3H2,1-2H3. The van der Waals surface area contributed by atoms with Gasteiger partial charge in [0.2, 0.25) is 0 Å². The number of benzene rings is 1. The summed E-state index contributed by atoms with van der Waals surface area (Å²) in [5.74, 6) is 0.646. The molecule has 0 atom stereocenters. The summed E-state index contributed by atoms with van der Waals surface area (Å²) >= 11 is 9.25. The van der Waals surface area contributed by atoms with Crippen molar-refractivity contribution in [2.24, 2.45) is 0 Å². The van der Waals surface area contributed by atoms with E-state index in [1.165, 1.54) is 6.20 Å². The third kappa shape index (κ3) is 3.16. The minimum Gasteiger partial charge on any atom is -0.334 e. The summed E-state index contributed by atoms with van der Waals surface area (Å²) in [7, 11) is -3.75. The molecule has 0 fully saturated rings. The monoisotopic (exact) mass is 377 g/mol. The average Bonchev–Trinajstić information content (AvgIpc) is 2.76. The number of imidazole rings is 1. The van der Waals surface area contributed by atoms with Gasteiger partial charge >= 0.3 is 0 Å². The molecule has 0 bridgehead atoms. The molecule has 1 N–H and O–H groups in total. The average molecular weight is 379 g/mol. The SMILES string of the molecule is CCn1cc(S(=O)(=O)Nc2cc(Br)ccc2Cl)nc1C. The number of halogens is 2. The van der Waals surface area contributed by atoms with E-state index in [1.807, 2.05) is 6.92 Å². The fraction of sp³-hybridized carbons (Fsp3) is 0.250. The maximum atomic E-state index is 12.3. The van der Waals surface area contributed by atoms with Crippen LogP contribution in [-0.4, -0.2) is 18.0 Å². The van der Waals surface area contributed by atoms with Crippen LogP contribution in [0.2, 0.25) is 5.02 Å². The van der Waals surface area contributed by atoms with Crippen LogP contribution >= 0.6 is 27.5 Å². The van der Waals surface area contributed by atoms with E-state index in [-0.39, 0.29) is 5.03 Å². The van der Waals surface area contributed by atoms with E-state index in [0.29, 0.717) is 23.1 Å². The van der Waals surface area contributed by atoms with Crippen LogP contribution in [0.5, 0.6) is 0 Å². The van der Waals surface area contributed by atoms with Crippen LogP contribution in [0, 0.1) is 6.92 Å². The highest BCUT2D eigenvalue weighted by Gasteiger charge is 2.20. The Bertz CT molecular complexity index is 743. The first-order chi connectivity index (χ1) is 9.33. The van der Waals surface area contributed by atoms with Gasteiger partial charge in [-0.05, 0) is 32.0 Å². The van der Waals surface area contributed by atoms with Gasteiger partial charge in [0.25, 0.3) is 10.0 Å². The van der Waals surface area contributed by atoms with Gasteiger partial charge in [-0.15, -0.1) is 0 Å². The lowest BCUT2D eigenvalue weighted by Gasteiger charge is -2.08. The molecule has 1 aromatic carbocycles. The molecule has 2 rings (SSSR count). The molecule has 1 aromatic heterocycles. The van der Waals surface area contributed by atoms with Crippen molar-refractivity contribution in [1.82, 2.24) is 9.55 Å². The molecule has 0 aliphatic rings. The Kier molecular flexibility index (Phi) is 4.41. The first kappa shape index (κ1) is 15.3. The van der Waals surface area contributed by atoms with Crippen molar-refractivity contribution in [1.29, 1.82) is 0 Å². The maximum Gasteiger partial charge on any atom is 0.281 e. The zero-order valence-electron chi connectivity index (χ0n) is 10.9. The molecule has 0 amide bonds. The van der Waals surface area contributed by atoms with Gasteiger partial charge in [-0.1, -0.05) is 27.5 Å². The van der Waals surface area contributed by atoms with E-state index in [0.717, 1.165) is 4.47 Å². The van der Waals surface area contributed by atoms with Gasteiger partial charge in [-0.3, -0.25) is 4.72 Å². The smallest absolute Gasteiger partial charge is 0.281 e. The molecular weight excluding hydrogens is 366 g/mol. The predicted octanol–water partition coefficient (Wildman–Crippen LogP) is 3.43. The Labute approximate surface area is 131 Å². The van der Waals surface area contributed by atoms with E-state index < -0.39 is 10.0 Å². The molecule has 0 saturated carbocycles. The van der Waals surface area contributed by atoms with Gasteiger partial charge in [0.15, 0.2) is 5.03 Å². The van der Waals surface area contributed by atoms with Gasteiger partial charge in [0.1, 0.15) is 5.82 Å². The van der Waals surface area contributed by atoms with E-state index >= 15 is 0 Å². The van der Waals surface area contributed by atoms with E-state index in [2.05, 4.69) is 25.6 Å². The molecule has 0 unspecified atom stereocenters. The second kappa shape index (κ2) is 5.75. The highest BCUT2D eigenvalue weighted by atomic mass is 79.9. The lowest BCUT2D eigenvalue weighted by atomic mass is 10.3. The zero-order valence-corrected chi connectivity index (χ0v) is 14.1. The number of nitrogens with zero attached hydrogens (tertiary/aromatic N) is 2. The van der Waals surface area contributed by atoms with Crippen LogP contribution in [0.1, 0.15) is 12.7 Å². The number of nitrogens with one attached hydrogen (secondary N) is 1. The molecule has 0 radical (unpaired) electrons. The first-order valence-electron chi connectivity index (χ1n) is 5.85. The molecule has 1 heterocycles. The molecule has 8 heteroatoms. The van der Waals surface area contributed by atoms with Crippen LogP contribution in [0.25, 0.3) is 0 Å². The first-order valence-corrected chi connectivity index (χ1v) is 8.50. The number of aryl methyl sites for hydroxylation is 2. The second-order valence-corrected chi connectivity index (χ2v) is 7.09. The fourth-order valence-corrected chi connectivity index (χ4v) is 3.36. The third-order valence-electron chi connectivity index (χ3n) is 2.74. The molecule has 0 aliphatic carbocycles. The largest absolute Gasteiger partial charge is 0.334 e. The molecule has 0 aliphatic heterocycles. The Hall–Kier alpha value is -1.05. The van der Waals surface area contributed by atoms with Crippen molar-refractivity contribution in [3.63, 3.8) is 0 Å². The third-order valence-corrected chi connectivity index (χ3v) is 4.80. The predicted molar refractivity (Wildman–Crippen MR) is 82.6 cm³/mol.